The lowest BCUT2D eigenvalue weighted by molar-refractivity contribution is 0.304. The Hall–Kier alpha value is -4.57. The van der Waals surface area contributed by atoms with Crippen LogP contribution in [0.2, 0.25) is 0 Å². The van der Waals surface area contributed by atoms with Gasteiger partial charge in [-0.1, -0.05) is 141 Å². The van der Waals surface area contributed by atoms with Gasteiger partial charge in [-0.2, -0.15) is 0 Å². The zero-order valence-electron chi connectivity index (χ0n) is 34.5. The highest BCUT2D eigenvalue weighted by Crippen LogP contribution is 2.42. The molecule has 0 atom stereocenters. The van der Waals surface area contributed by atoms with Crippen LogP contribution >= 0.6 is 23.9 Å². The number of ether oxygens (including phenoxy) is 4. The van der Waals surface area contributed by atoms with Crippen LogP contribution in [0.4, 0.5) is 0 Å². The minimum atomic E-state index is -0.877. The van der Waals surface area contributed by atoms with E-state index >= 15 is 0 Å². The first-order chi connectivity index (χ1) is 28.5. The molecule has 7 rings (SSSR count). The molecule has 0 aliphatic heterocycles. The Morgan fingerprint density at radius 2 is 0.690 bits per heavy atom. The summed E-state index contributed by atoms with van der Waals surface area (Å²) in [6.07, 6.45) is 6.37. The van der Waals surface area contributed by atoms with Crippen molar-refractivity contribution < 1.29 is 18.9 Å². The second-order valence-electron chi connectivity index (χ2n) is 15.1. The molecule has 4 nitrogen and oxygen atoms in total. The largest absolute Gasteiger partial charge is 0.493 e. The monoisotopic (exact) mass is 854 g/mol. The molecule has 0 spiro atoms. The lowest BCUT2D eigenvalue weighted by atomic mass is 9.91. The summed E-state index contributed by atoms with van der Waals surface area (Å²) in [7, 11) is -0.877. The van der Waals surface area contributed by atoms with E-state index in [-0.39, 0.29) is 0 Å². The molecule has 58 heavy (non-hydrogen) atoms. The van der Waals surface area contributed by atoms with Crippen LogP contribution in [0.1, 0.15) is 97.9 Å². The summed E-state index contributed by atoms with van der Waals surface area (Å²) in [6.45, 7) is 11.3. The van der Waals surface area contributed by atoms with Crippen molar-refractivity contribution in [3.63, 3.8) is 0 Å². The highest BCUT2D eigenvalue weighted by Gasteiger charge is 2.25. The second-order valence-corrected chi connectivity index (χ2v) is 18.2. The highest BCUT2D eigenvalue weighted by atomic mass is 79.9. The summed E-state index contributed by atoms with van der Waals surface area (Å²) in [4.78, 5) is 0. The number of para-hydroxylation sites is 2. The fraction of sp³-hybridized carbons (Fsp3) is 0.308. The standard InChI is InChI=1S/C52H56BrO4P/c1-5-25-54-49-37-17-15-19-39(49)31-43-35-48(58(46-21-11-9-12-22-46)47-23-13-10-14-24-47)36-44(52(43)57-28-8-4)32-40-20-16-18-38(50(40)55-26-6-2)30-42-34-45(53)33-41(29-37)51(42)56-27-7-3/h9-24,33-36H,5-8,25-32H2,1-4H3. The zero-order chi connectivity index (χ0) is 40.3. The second kappa shape index (κ2) is 20.4. The lowest BCUT2D eigenvalue weighted by Gasteiger charge is -2.25. The summed E-state index contributed by atoms with van der Waals surface area (Å²) in [5.41, 5.74) is 9.26. The summed E-state index contributed by atoms with van der Waals surface area (Å²) in [5.74, 6) is 3.84. The molecule has 0 N–H and O–H groups in total. The SMILES string of the molecule is CCCOc1c2cccc1Cc1cc(P(c3ccccc3)c3ccccc3)cc(c1OCCC)Cc1cccc(c1OCCC)Cc1cc(Br)cc(c1OCCC)C2. The summed E-state index contributed by atoms with van der Waals surface area (Å²) in [6, 6.07) is 44.6. The molecule has 6 heteroatoms. The molecule has 300 valence electrons. The number of fused-ring (bicyclic) bond motifs is 8. The van der Waals surface area contributed by atoms with E-state index in [0.717, 1.165) is 86.5 Å². The molecule has 0 fully saturated rings. The Morgan fingerprint density at radius 1 is 0.379 bits per heavy atom. The average Bonchev–Trinajstić information content (AvgIpc) is 3.23. The maximum Gasteiger partial charge on any atom is 0.126 e. The summed E-state index contributed by atoms with van der Waals surface area (Å²) >= 11 is 3.90. The van der Waals surface area contributed by atoms with Gasteiger partial charge in [0.25, 0.3) is 0 Å². The molecule has 0 aromatic heterocycles. The van der Waals surface area contributed by atoms with Crippen LogP contribution in [0.5, 0.6) is 23.0 Å². The van der Waals surface area contributed by atoms with E-state index in [4.69, 9.17) is 18.9 Å². The summed E-state index contributed by atoms with van der Waals surface area (Å²) < 4.78 is 28.2. The number of rotatable bonds is 15. The van der Waals surface area contributed by atoms with E-state index < -0.39 is 7.92 Å². The molecule has 8 bridgehead atoms. The number of hydrogen-bond donors (Lipinski definition) is 0. The van der Waals surface area contributed by atoms with Gasteiger partial charge in [-0.25, -0.2) is 0 Å². The first-order valence-corrected chi connectivity index (χ1v) is 23.2. The summed E-state index contributed by atoms with van der Waals surface area (Å²) in [5, 5.41) is 3.95. The minimum absolute atomic E-state index is 0.633. The molecular formula is C52H56BrO4P. The fourth-order valence-electron chi connectivity index (χ4n) is 7.92. The lowest BCUT2D eigenvalue weighted by Crippen LogP contribution is -2.22. The van der Waals surface area contributed by atoms with E-state index in [1.807, 2.05) is 0 Å². The normalized spacial score (nSPS) is 12.3. The predicted molar refractivity (Wildman–Crippen MR) is 247 cm³/mol. The predicted octanol–water partition coefficient (Wildman–Crippen LogP) is 12.0. The Bertz CT molecular complexity index is 2130. The molecule has 0 unspecified atom stereocenters. The third-order valence-electron chi connectivity index (χ3n) is 10.4. The molecular weight excluding hydrogens is 799 g/mol. The molecule has 0 radical (unpaired) electrons. The average molecular weight is 856 g/mol. The molecule has 6 aromatic rings. The third kappa shape index (κ3) is 9.82. The van der Waals surface area contributed by atoms with Crippen molar-refractivity contribution in [3.8, 4) is 23.0 Å². The minimum Gasteiger partial charge on any atom is -0.493 e. The molecule has 0 saturated carbocycles. The van der Waals surface area contributed by atoms with Crippen molar-refractivity contribution in [1.82, 2.24) is 0 Å². The highest BCUT2D eigenvalue weighted by molar-refractivity contribution is 9.10. The Morgan fingerprint density at radius 3 is 1.02 bits per heavy atom. The first-order valence-electron chi connectivity index (χ1n) is 21.1. The van der Waals surface area contributed by atoms with Crippen LogP contribution < -0.4 is 34.9 Å². The van der Waals surface area contributed by atoms with Crippen molar-refractivity contribution in [2.24, 2.45) is 0 Å². The van der Waals surface area contributed by atoms with Crippen molar-refractivity contribution in [2.75, 3.05) is 26.4 Å². The third-order valence-corrected chi connectivity index (χ3v) is 13.3. The van der Waals surface area contributed by atoms with Crippen LogP contribution in [0, 0.1) is 0 Å². The van der Waals surface area contributed by atoms with Gasteiger partial charge in [0.1, 0.15) is 23.0 Å². The maximum absolute atomic E-state index is 6.90. The zero-order valence-corrected chi connectivity index (χ0v) is 37.0. The van der Waals surface area contributed by atoms with Gasteiger partial charge in [0.2, 0.25) is 0 Å². The maximum atomic E-state index is 6.90. The quantitative estimate of drug-likeness (QED) is 0.0963. The van der Waals surface area contributed by atoms with Crippen molar-refractivity contribution >= 4 is 39.8 Å². The van der Waals surface area contributed by atoms with Gasteiger partial charge < -0.3 is 18.9 Å². The fourth-order valence-corrected chi connectivity index (χ4v) is 10.9. The van der Waals surface area contributed by atoms with E-state index in [1.165, 1.54) is 27.0 Å². The topological polar surface area (TPSA) is 36.9 Å². The van der Waals surface area contributed by atoms with Crippen LogP contribution in [0.25, 0.3) is 0 Å². The van der Waals surface area contributed by atoms with E-state index in [2.05, 4.69) is 165 Å². The van der Waals surface area contributed by atoms with Gasteiger partial charge in [0.15, 0.2) is 0 Å². The van der Waals surface area contributed by atoms with E-state index in [9.17, 15) is 0 Å². The van der Waals surface area contributed by atoms with Crippen LogP contribution in [-0.2, 0) is 25.7 Å². The first kappa shape index (κ1) is 41.6. The number of benzene rings is 6. The van der Waals surface area contributed by atoms with Crippen molar-refractivity contribution in [2.45, 2.75) is 79.1 Å². The van der Waals surface area contributed by atoms with Gasteiger partial charge in [0.05, 0.1) is 26.4 Å². The molecule has 0 amide bonds. The smallest absolute Gasteiger partial charge is 0.126 e. The van der Waals surface area contributed by atoms with Crippen molar-refractivity contribution in [1.29, 1.82) is 0 Å². The van der Waals surface area contributed by atoms with Gasteiger partial charge >= 0.3 is 0 Å². The number of hydrogen-bond acceptors (Lipinski definition) is 4. The van der Waals surface area contributed by atoms with Gasteiger partial charge in [0, 0.05) is 41.3 Å². The number of halogens is 1. The van der Waals surface area contributed by atoms with E-state index in [1.54, 1.807) is 0 Å². The Balaban J connectivity index is 1.52. The van der Waals surface area contributed by atoms with Gasteiger partial charge in [-0.05, 0) is 107 Å². The van der Waals surface area contributed by atoms with Gasteiger partial charge in [-0.15, -0.1) is 0 Å². The van der Waals surface area contributed by atoms with Crippen molar-refractivity contribution in [3.05, 3.63) is 170 Å². The Kier molecular flexibility index (Phi) is 14.6. The molecule has 0 heterocycles. The molecule has 1 aliphatic rings. The molecule has 0 saturated heterocycles. The molecule has 1 aliphatic carbocycles. The van der Waals surface area contributed by atoms with Crippen LogP contribution in [-0.4, -0.2) is 26.4 Å². The Labute approximate surface area is 355 Å². The van der Waals surface area contributed by atoms with Crippen LogP contribution in [0.3, 0.4) is 0 Å². The van der Waals surface area contributed by atoms with E-state index in [0.29, 0.717) is 52.1 Å². The molecule has 6 aromatic carbocycles. The van der Waals surface area contributed by atoms with Crippen LogP contribution in [0.15, 0.2) is 126 Å². The van der Waals surface area contributed by atoms with Gasteiger partial charge in [-0.3, -0.25) is 0 Å².